The molecule has 2 N–H and O–H groups in total. The Morgan fingerprint density at radius 3 is 2.55 bits per heavy atom. The van der Waals surface area contributed by atoms with Gasteiger partial charge in [-0.05, 0) is 12.8 Å². The average Bonchev–Trinajstić information content (AvgIpc) is 3.13. The third kappa shape index (κ3) is 3.57. The highest BCUT2D eigenvalue weighted by molar-refractivity contribution is 7.99. The number of alkyl halides is 2. The summed E-state index contributed by atoms with van der Waals surface area (Å²) in [5.74, 6) is -0.732. The fourth-order valence-electron chi connectivity index (χ4n) is 3.95. The molecule has 1 unspecified atom stereocenters. The molecule has 7 heteroatoms. The number of halogens is 2. The largest absolute Gasteiger partial charge is 0.353 e. The summed E-state index contributed by atoms with van der Waals surface area (Å²) >= 11 is 1.98. The van der Waals surface area contributed by atoms with E-state index in [2.05, 4.69) is 15.5 Å². The smallest absolute Gasteiger partial charge is 0.262 e. The fourth-order valence-corrected chi connectivity index (χ4v) is 4.85. The van der Waals surface area contributed by atoms with Gasteiger partial charge >= 0.3 is 0 Å². The highest BCUT2D eigenvalue weighted by Crippen LogP contribution is 2.36. The van der Waals surface area contributed by atoms with Crippen LogP contribution in [-0.4, -0.2) is 66.0 Å². The second-order valence-electron chi connectivity index (χ2n) is 6.74. The molecule has 2 saturated heterocycles. The summed E-state index contributed by atoms with van der Waals surface area (Å²) < 4.78 is 26.4. The van der Waals surface area contributed by atoms with Crippen molar-refractivity contribution >= 4 is 17.7 Å². The first-order chi connectivity index (χ1) is 10.5. The molecule has 0 aromatic rings. The first-order valence-electron chi connectivity index (χ1n) is 8.23. The second kappa shape index (κ2) is 6.61. The van der Waals surface area contributed by atoms with Crippen molar-refractivity contribution < 1.29 is 13.6 Å². The Balaban J connectivity index is 1.56. The molecule has 1 saturated carbocycles. The quantitative estimate of drug-likeness (QED) is 0.818. The Morgan fingerprint density at radius 1 is 1.27 bits per heavy atom. The number of nitrogens with one attached hydrogen (secondary N) is 2. The van der Waals surface area contributed by atoms with E-state index in [0.717, 1.165) is 37.4 Å². The zero-order chi connectivity index (χ0) is 15.6. The summed E-state index contributed by atoms with van der Waals surface area (Å²) in [4.78, 5) is 14.7. The minimum absolute atomic E-state index is 0.0533. The topological polar surface area (TPSA) is 44.4 Å². The van der Waals surface area contributed by atoms with Crippen molar-refractivity contribution in [2.45, 2.75) is 49.6 Å². The van der Waals surface area contributed by atoms with Crippen LogP contribution in [0.1, 0.15) is 32.1 Å². The maximum atomic E-state index is 13.2. The Bertz CT molecular complexity index is 410. The van der Waals surface area contributed by atoms with Gasteiger partial charge in [0.1, 0.15) is 0 Å². The molecule has 2 heterocycles. The number of amides is 1. The van der Waals surface area contributed by atoms with E-state index in [0.29, 0.717) is 6.54 Å². The van der Waals surface area contributed by atoms with Gasteiger partial charge in [-0.1, -0.05) is 12.8 Å². The minimum atomic E-state index is -2.75. The molecule has 0 aromatic carbocycles. The van der Waals surface area contributed by atoms with Gasteiger partial charge in [-0.25, -0.2) is 8.78 Å². The van der Waals surface area contributed by atoms with Crippen LogP contribution in [0, 0.1) is 0 Å². The van der Waals surface area contributed by atoms with Gasteiger partial charge in [0.05, 0.1) is 12.6 Å². The van der Waals surface area contributed by atoms with E-state index in [-0.39, 0.29) is 24.4 Å². The van der Waals surface area contributed by atoms with Crippen molar-refractivity contribution in [3.8, 4) is 0 Å². The van der Waals surface area contributed by atoms with Gasteiger partial charge < -0.3 is 5.32 Å². The zero-order valence-electron chi connectivity index (χ0n) is 12.9. The predicted molar refractivity (Wildman–Crippen MR) is 84.5 cm³/mol. The van der Waals surface area contributed by atoms with E-state index in [1.54, 1.807) is 0 Å². The maximum Gasteiger partial charge on any atom is 0.262 e. The Kier molecular flexibility index (Phi) is 4.95. The number of rotatable bonds is 4. The Hall–Kier alpha value is -0.400. The number of thioether (sulfide) groups is 1. The third-order valence-electron chi connectivity index (χ3n) is 5.23. The molecule has 4 nitrogen and oxygen atoms in total. The summed E-state index contributed by atoms with van der Waals surface area (Å²) in [6.45, 7) is 2.35. The Labute approximate surface area is 134 Å². The SMILES string of the molecule is O=C(NCC1(N2CCSCC2)CCCC1)C1CC(F)(F)CN1. The molecule has 1 aliphatic carbocycles. The Morgan fingerprint density at radius 2 is 1.95 bits per heavy atom. The van der Waals surface area contributed by atoms with E-state index in [9.17, 15) is 13.6 Å². The summed E-state index contributed by atoms with van der Waals surface area (Å²) in [7, 11) is 0. The monoisotopic (exact) mass is 333 g/mol. The lowest BCUT2D eigenvalue weighted by Crippen LogP contribution is -2.57. The lowest BCUT2D eigenvalue weighted by Gasteiger charge is -2.43. The second-order valence-corrected chi connectivity index (χ2v) is 7.97. The molecular formula is C15H25F2N3OS. The highest BCUT2D eigenvalue weighted by atomic mass is 32.2. The normalized spacial score (nSPS) is 31.3. The van der Waals surface area contributed by atoms with Crippen LogP contribution in [0.3, 0.4) is 0 Å². The number of carbonyl (C=O) groups excluding carboxylic acids is 1. The number of hydrogen-bond acceptors (Lipinski definition) is 4. The minimum Gasteiger partial charge on any atom is -0.353 e. The first-order valence-corrected chi connectivity index (χ1v) is 9.38. The molecule has 1 amide bonds. The van der Waals surface area contributed by atoms with Crippen LogP contribution in [0.5, 0.6) is 0 Å². The molecule has 3 rings (SSSR count). The molecule has 1 atom stereocenters. The van der Waals surface area contributed by atoms with Crippen LogP contribution in [0.25, 0.3) is 0 Å². The molecule has 3 aliphatic rings. The molecule has 0 radical (unpaired) electrons. The maximum absolute atomic E-state index is 13.2. The number of hydrogen-bond donors (Lipinski definition) is 2. The van der Waals surface area contributed by atoms with Crippen molar-refractivity contribution in [3.05, 3.63) is 0 Å². The van der Waals surface area contributed by atoms with Crippen molar-refractivity contribution in [1.82, 2.24) is 15.5 Å². The van der Waals surface area contributed by atoms with E-state index in [1.165, 1.54) is 12.8 Å². The van der Waals surface area contributed by atoms with E-state index < -0.39 is 12.0 Å². The van der Waals surface area contributed by atoms with Crippen LogP contribution in [0.4, 0.5) is 8.78 Å². The molecule has 0 bridgehead atoms. The molecule has 2 aliphatic heterocycles. The zero-order valence-corrected chi connectivity index (χ0v) is 13.7. The predicted octanol–water partition coefficient (Wildman–Crippen LogP) is 1.46. The first kappa shape index (κ1) is 16.5. The standard InChI is InChI=1S/C15H25F2N3OS/c16-15(17)9-12(18-11-15)13(21)19-10-14(3-1-2-4-14)20-5-7-22-8-6-20/h12,18H,1-11H2,(H,19,21). The molecule has 126 valence electrons. The van der Waals surface area contributed by atoms with E-state index in [4.69, 9.17) is 0 Å². The summed E-state index contributed by atoms with van der Waals surface area (Å²) in [5.41, 5.74) is 0.0533. The van der Waals surface area contributed by atoms with Crippen LogP contribution in [0.2, 0.25) is 0 Å². The lowest BCUT2D eigenvalue weighted by molar-refractivity contribution is -0.124. The highest BCUT2D eigenvalue weighted by Gasteiger charge is 2.44. The summed E-state index contributed by atoms with van der Waals surface area (Å²) in [5, 5.41) is 5.59. The van der Waals surface area contributed by atoms with Gasteiger partial charge in [-0.3, -0.25) is 15.0 Å². The third-order valence-corrected chi connectivity index (χ3v) is 6.18. The van der Waals surface area contributed by atoms with Crippen molar-refractivity contribution in [2.75, 3.05) is 37.7 Å². The van der Waals surface area contributed by atoms with Crippen molar-refractivity contribution in [3.63, 3.8) is 0 Å². The number of carbonyl (C=O) groups is 1. The molecule has 3 fully saturated rings. The molecule has 0 spiro atoms. The van der Waals surface area contributed by atoms with Gasteiger partial charge in [0.15, 0.2) is 0 Å². The summed E-state index contributed by atoms with van der Waals surface area (Å²) in [6.07, 6.45) is 4.21. The molecule has 22 heavy (non-hydrogen) atoms. The van der Waals surface area contributed by atoms with Gasteiger partial charge in [0.25, 0.3) is 5.92 Å². The lowest BCUT2D eigenvalue weighted by atomic mass is 9.94. The van der Waals surface area contributed by atoms with Crippen molar-refractivity contribution in [1.29, 1.82) is 0 Å². The molecule has 0 aromatic heterocycles. The van der Waals surface area contributed by atoms with E-state index in [1.807, 2.05) is 11.8 Å². The van der Waals surface area contributed by atoms with Gasteiger partial charge in [0.2, 0.25) is 5.91 Å². The van der Waals surface area contributed by atoms with E-state index >= 15 is 0 Å². The summed E-state index contributed by atoms with van der Waals surface area (Å²) in [6, 6.07) is -0.745. The van der Waals surface area contributed by atoms with Crippen LogP contribution >= 0.6 is 11.8 Å². The van der Waals surface area contributed by atoms with Crippen LogP contribution in [-0.2, 0) is 4.79 Å². The number of nitrogens with zero attached hydrogens (tertiary/aromatic N) is 1. The average molecular weight is 333 g/mol. The van der Waals surface area contributed by atoms with Crippen LogP contribution < -0.4 is 10.6 Å². The molecular weight excluding hydrogens is 308 g/mol. The van der Waals surface area contributed by atoms with Crippen molar-refractivity contribution in [2.24, 2.45) is 0 Å². The fraction of sp³-hybridized carbons (Fsp3) is 0.933. The van der Waals surface area contributed by atoms with Gasteiger partial charge in [-0.2, -0.15) is 11.8 Å². The van der Waals surface area contributed by atoms with Gasteiger partial charge in [0, 0.05) is 43.1 Å². The van der Waals surface area contributed by atoms with Crippen LogP contribution in [0.15, 0.2) is 0 Å². The van der Waals surface area contributed by atoms with Gasteiger partial charge in [-0.15, -0.1) is 0 Å².